The number of esters is 1. The predicted octanol–water partition coefficient (Wildman–Crippen LogP) is 3.76. The van der Waals surface area contributed by atoms with Crippen molar-refractivity contribution in [2.75, 3.05) is 0 Å². The van der Waals surface area contributed by atoms with Crippen LogP contribution in [0.25, 0.3) is 10.9 Å². The number of ether oxygens (including phenoxy) is 1. The Morgan fingerprint density at radius 2 is 1.95 bits per heavy atom. The Labute approximate surface area is 120 Å². The van der Waals surface area contributed by atoms with Gasteiger partial charge >= 0.3 is 5.97 Å². The highest BCUT2D eigenvalue weighted by Gasteiger charge is 2.22. The second kappa shape index (κ2) is 5.61. The molecule has 0 N–H and O–H groups in total. The lowest BCUT2D eigenvalue weighted by Crippen LogP contribution is -2.28. The molecule has 20 heavy (non-hydrogen) atoms. The molecule has 0 aliphatic carbocycles. The summed E-state index contributed by atoms with van der Waals surface area (Å²) in [4.78, 5) is 16.4. The van der Waals surface area contributed by atoms with E-state index in [1.165, 1.54) is 0 Å². The van der Waals surface area contributed by atoms with Crippen LogP contribution in [0.1, 0.15) is 33.3 Å². The van der Waals surface area contributed by atoms with E-state index >= 15 is 0 Å². The predicted molar refractivity (Wildman–Crippen MR) is 80.5 cm³/mol. The van der Waals surface area contributed by atoms with Gasteiger partial charge in [-0.2, -0.15) is 0 Å². The number of hydrogen-bond donors (Lipinski definition) is 0. The van der Waals surface area contributed by atoms with Crippen molar-refractivity contribution in [1.82, 2.24) is 4.98 Å². The van der Waals surface area contributed by atoms with Crippen LogP contribution >= 0.6 is 0 Å². The maximum absolute atomic E-state index is 12.1. The van der Waals surface area contributed by atoms with Crippen LogP contribution in [0, 0.1) is 5.92 Å². The number of hydrogen-bond acceptors (Lipinski definition) is 3. The molecule has 106 valence electrons. The molecule has 1 aromatic carbocycles. The fraction of sp³-hybridized carbons (Fsp3) is 0.412. The van der Waals surface area contributed by atoms with Gasteiger partial charge in [0.15, 0.2) is 0 Å². The van der Waals surface area contributed by atoms with Crippen molar-refractivity contribution in [3.05, 3.63) is 42.1 Å². The first-order valence-electron chi connectivity index (χ1n) is 6.92. The molecule has 0 radical (unpaired) electrons. The van der Waals surface area contributed by atoms with Crippen molar-refractivity contribution < 1.29 is 9.53 Å². The molecule has 0 fully saturated rings. The minimum absolute atomic E-state index is 0.154. The summed E-state index contributed by atoms with van der Waals surface area (Å²) >= 11 is 0. The molecule has 1 atom stereocenters. The monoisotopic (exact) mass is 271 g/mol. The Bertz CT molecular complexity index is 608. The van der Waals surface area contributed by atoms with E-state index < -0.39 is 5.60 Å². The van der Waals surface area contributed by atoms with Crippen LogP contribution in [-0.2, 0) is 16.0 Å². The summed E-state index contributed by atoms with van der Waals surface area (Å²) in [5, 5.41) is 1.10. The molecule has 0 aliphatic heterocycles. The summed E-state index contributed by atoms with van der Waals surface area (Å²) in [5.74, 6) is -0.321. The molecule has 1 unspecified atom stereocenters. The van der Waals surface area contributed by atoms with Gasteiger partial charge in [0, 0.05) is 11.6 Å². The first kappa shape index (κ1) is 14.5. The van der Waals surface area contributed by atoms with Gasteiger partial charge in [-0.05, 0) is 44.9 Å². The summed E-state index contributed by atoms with van der Waals surface area (Å²) in [5.41, 5.74) is 1.65. The maximum atomic E-state index is 12.1. The van der Waals surface area contributed by atoms with Crippen LogP contribution in [0.15, 0.2) is 36.5 Å². The minimum Gasteiger partial charge on any atom is -0.460 e. The quantitative estimate of drug-likeness (QED) is 0.798. The second-order valence-corrected chi connectivity index (χ2v) is 6.13. The van der Waals surface area contributed by atoms with E-state index in [0.717, 1.165) is 16.5 Å². The smallest absolute Gasteiger partial charge is 0.309 e. The molecule has 0 saturated carbocycles. The molecule has 0 bridgehead atoms. The average molecular weight is 271 g/mol. The van der Waals surface area contributed by atoms with Crippen LogP contribution in [0.3, 0.4) is 0 Å². The van der Waals surface area contributed by atoms with Gasteiger partial charge in [-0.1, -0.05) is 25.1 Å². The van der Waals surface area contributed by atoms with Gasteiger partial charge in [0.05, 0.1) is 11.4 Å². The van der Waals surface area contributed by atoms with Crippen molar-refractivity contribution in [3.63, 3.8) is 0 Å². The number of para-hydroxylation sites is 1. The summed E-state index contributed by atoms with van der Waals surface area (Å²) in [6, 6.07) is 9.96. The minimum atomic E-state index is -0.439. The number of carbonyl (C=O) groups excluding carboxylic acids is 1. The molecule has 0 spiro atoms. The Balaban J connectivity index is 2.18. The van der Waals surface area contributed by atoms with Crippen molar-refractivity contribution in [2.45, 2.75) is 39.7 Å². The number of benzene rings is 1. The summed E-state index contributed by atoms with van der Waals surface area (Å²) in [6.07, 6.45) is 2.46. The molecular weight excluding hydrogens is 250 g/mol. The molecule has 3 nitrogen and oxygen atoms in total. The standard InChI is InChI=1S/C17H21NO2/c1-12(16(19)20-17(2,3)4)11-13-9-10-18-15-8-6-5-7-14(13)15/h5-10,12H,11H2,1-4H3. The largest absolute Gasteiger partial charge is 0.460 e. The zero-order valence-electron chi connectivity index (χ0n) is 12.5. The topological polar surface area (TPSA) is 39.2 Å². The average Bonchev–Trinajstić information content (AvgIpc) is 2.37. The highest BCUT2D eigenvalue weighted by molar-refractivity contribution is 5.82. The van der Waals surface area contributed by atoms with Gasteiger partial charge in [-0.3, -0.25) is 9.78 Å². The van der Waals surface area contributed by atoms with E-state index in [1.54, 1.807) is 6.20 Å². The van der Waals surface area contributed by atoms with Crippen molar-refractivity contribution in [2.24, 2.45) is 5.92 Å². The molecule has 2 aromatic rings. The summed E-state index contributed by atoms with van der Waals surface area (Å²) in [6.45, 7) is 7.57. The fourth-order valence-corrected chi connectivity index (χ4v) is 2.15. The summed E-state index contributed by atoms with van der Waals surface area (Å²) < 4.78 is 5.43. The van der Waals surface area contributed by atoms with Gasteiger partial charge in [-0.15, -0.1) is 0 Å². The van der Waals surface area contributed by atoms with Crippen molar-refractivity contribution in [3.8, 4) is 0 Å². The van der Waals surface area contributed by atoms with Crippen LogP contribution in [0.5, 0.6) is 0 Å². The molecule has 1 heterocycles. The van der Waals surface area contributed by atoms with Crippen LogP contribution < -0.4 is 0 Å². The molecule has 2 rings (SSSR count). The van der Waals surface area contributed by atoms with E-state index in [2.05, 4.69) is 4.98 Å². The van der Waals surface area contributed by atoms with Crippen LogP contribution in [0.2, 0.25) is 0 Å². The highest BCUT2D eigenvalue weighted by atomic mass is 16.6. The number of carbonyl (C=O) groups is 1. The van der Waals surface area contributed by atoms with Gasteiger partial charge in [0.25, 0.3) is 0 Å². The third kappa shape index (κ3) is 3.56. The van der Waals surface area contributed by atoms with Gasteiger partial charge in [0.1, 0.15) is 5.60 Å². The highest BCUT2D eigenvalue weighted by Crippen LogP contribution is 2.21. The van der Waals surface area contributed by atoms with Gasteiger partial charge in [-0.25, -0.2) is 0 Å². The number of aromatic nitrogens is 1. The Morgan fingerprint density at radius 1 is 1.25 bits per heavy atom. The van der Waals surface area contributed by atoms with Crippen LogP contribution in [0.4, 0.5) is 0 Å². The lowest BCUT2D eigenvalue weighted by molar-refractivity contribution is -0.159. The molecular formula is C17H21NO2. The van der Waals surface area contributed by atoms with Crippen LogP contribution in [-0.4, -0.2) is 16.6 Å². The third-order valence-electron chi connectivity index (χ3n) is 3.07. The number of nitrogens with zero attached hydrogens (tertiary/aromatic N) is 1. The number of fused-ring (bicyclic) bond motifs is 1. The Kier molecular flexibility index (Phi) is 4.07. The van der Waals surface area contributed by atoms with E-state index in [1.807, 2.05) is 58.0 Å². The molecule has 0 saturated heterocycles. The van der Waals surface area contributed by atoms with Crippen molar-refractivity contribution >= 4 is 16.9 Å². The van der Waals surface area contributed by atoms with Crippen molar-refractivity contribution in [1.29, 1.82) is 0 Å². The molecule has 3 heteroatoms. The molecule has 0 aliphatic rings. The SMILES string of the molecule is CC(Cc1ccnc2ccccc12)C(=O)OC(C)(C)C. The summed E-state index contributed by atoms with van der Waals surface area (Å²) in [7, 11) is 0. The first-order chi connectivity index (χ1) is 9.37. The van der Waals surface area contributed by atoms with E-state index in [-0.39, 0.29) is 11.9 Å². The maximum Gasteiger partial charge on any atom is 0.309 e. The van der Waals surface area contributed by atoms with E-state index in [4.69, 9.17) is 4.74 Å². The fourth-order valence-electron chi connectivity index (χ4n) is 2.15. The molecule has 1 aromatic heterocycles. The first-order valence-corrected chi connectivity index (χ1v) is 6.92. The molecule has 0 amide bonds. The Morgan fingerprint density at radius 3 is 2.65 bits per heavy atom. The van der Waals surface area contributed by atoms with Gasteiger partial charge in [0.2, 0.25) is 0 Å². The van der Waals surface area contributed by atoms with Gasteiger partial charge < -0.3 is 4.74 Å². The normalized spacial score (nSPS) is 13.2. The van der Waals surface area contributed by atoms with E-state index in [0.29, 0.717) is 6.42 Å². The number of rotatable bonds is 3. The lowest BCUT2D eigenvalue weighted by Gasteiger charge is -2.22. The lowest BCUT2D eigenvalue weighted by atomic mass is 9.98. The third-order valence-corrected chi connectivity index (χ3v) is 3.07. The van der Waals surface area contributed by atoms with E-state index in [9.17, 15) is 4.79 Å². The second-order valence-electron chi connectivity index (χ2n) is 6.13. The number of pyridine rings is 1. The zero-order valence-corrected chi connectivity index (χ0v) is 12.5. The Hall–Kier alpha value is -1.90. The zero-order chi connectivity index (χ0) is 14.8.